The summed E-state index contributed by atoms with van der Waals surface area (Å²) in [7, 11) is 1.79. The molecule has 0 aliphatic carbocycles. The summed E-state index contributed by atoms with van der Waals surface area (Å²) < 4.78 is 40.8. The summed E-state index contributed by atoms with van der Waals surface area (Å²) in [6, 6.07) is 1.45. The highest BCUT2D eigenvalue weighted by Gasteiger charge is 2.10. The first-order valence-electron chi connectivity index (χ1n) is 5.42. The molecule has 0 radical (unpaired) electrons. The van der Waals surface area contributed by atoms with Crippen LogP contribution in [-0.2, 0) is 13.5 Å². The Hall–Kier alpha value is -1.98. The third-order valence-electron chi connectivity index (χ3n) is 2.48. The highest BCUT2D eigenvalue weighted by Crippen LogP contribution is 2.19. The molecule has 0 saturated heterocycles. The van der Waals surface area contributed by atoms with E-state index in [1.807, 2.05) is 6.20 Å². The third kappa shape index (κ3) is 2.82. The van der Waals surface area contributed by atoms with E-state index in [0.29, 0.717) is 19.0 Å². The topological polar surface area (TPSA) is 29.9 Å². The molecule has 0 aliphatic rings. The number of aromatic nitrogens is 2. The lowest BCUT2D eigenvalue weighted by Gasteiger charge is -2.07. The SMILES string of the molecule is Cn1cc(CCNc2cc(F)cc(F)c2F)cn1. The zero-order valence-electron chi connectivity index (χ0n) is 9.75. The van der Waals surface area contributed by atoms with Gasteiger partial charge in [0.1, 0.15) is 5.82 Å². The zero-order valence-corrected chi connectivity index (χ0v) is 9.75. The van der Waals surface area contributed by atoms with Crippen molar-refractivity contribution in [3.05, 3.63) is 47.5 Å². The second-order valence-corrected chi connectivity index (χ2v) is 3.95. The fraction of sp³-hybridized carbons (Fsp3) is 0.250. The summed E-state index contributed by atoms with van der Waals surface area (Å²) in [5.41, 5.74) is 0.790. The minimum absolute atomic E-state index is 0.170. The van der Waals surface area contributed by atoms with Crippen LogP contribution in [0, 0.1) is 17.5 Å². The Morgan fingerprint density at radius 1 is 1.28 bits per heavy atom. The molecule has 1 aromatic heterocycles. The van der Waals surface area contributed by atoms with Crippen LogP contribution in [0.1, 0.15) is 5.56 Å². The molecule has 0 atom stereocenters. The number of rotatable bonds is 4. The fourth-order valence-electron chi connectivity index (χ4n) is 1.63. The lowest BCUT2D eigenvalue weighted by Crippen LogP contribution is -2.07. The highest BCUT2D eigenvalue weighted by atomic mass is 19.2. The largest absolute Gasteiger partial charge is 0.382 e. The van der Waals surface area contributed by atoms with E-state index in [2.05, 4.69) is 10.4 Å². The van der Waals surface area contributed by atoms with Crippen LogP contribution in [0.4, 0.5) is 18.9 Å². The average molecular weight is 255 g/mol. The monoisotopic (exact) mass is 255 g/mol. The van der Waals surface area contributed by atoms with Gasteiger partial charge in [-0.25, -0.2) is 13.2 Å². The Kier molecular flexibility index (Phi) is 3.55. The average Bonchev–Trinajstić information content (AvgIpc) is 2.71. The Morgan fingerprint density at radius 3 is 2.72 bits per heavy atom. The molecule has 0 amide bonds. The van der Waals surface area contributed by atoms with Crippen LogP contribution in [0.15, 0.2) is 24.5 Å². The van der Waals surface area contributed by atoms with Crippen molar-refractivity contribution in [2.24, 2.45) is 7.05 Å². The Labute approximate surface area is 102 Å². The molecule has 0 aliphatic heterocycles. The van der Waals surface area contributed by atoms with Crippen molar-refractivity contribution in [2.45, 2.75) is 6.42 Å². The van der Waals surface area contributed by atoms with Crippen molar-refractivity contribution in [1.29, 1.82) is 0 Å². The molecule has 1 N–H and O–H groups in total. The van der Waals surface area contributed by atoms with E-state index in [9.17, 15) is 13.2 Å². The first-order chi connectivity index (χ1) is 8.56. The van der Waals surface area contributed by atoms with Gasteiger partial charge < -0.3 is 5.32 Å². The summed E-state index contributed by atoms with van der Waals surface area (Å²) in [4.78, 5) is 0. The standard InChI is InChI=1S/C12H12F3N3/c1-18-7-8(6-17-18)2-3-16-11-5-9(13)4-10(14)12(11)15/h4-7,16H,2-3H2,1H3. The van der Waals surface area contributed by atoms with Crippen LogP contribution < -0.4 is 5.32 Å². The van der Waals surface area contributed by atoms with Gasteiger partial charge in [-0.05, 0) is 12.0 Å². The summed E-state index contributed by atoms with van der Waals surface area (Å²) >= 11 is 0. The number of anilines is 1. The van der Waals surface area contributed by atoms with Gasteiger partial charge in [-0.2, -0.15) is 5.10 Å². The van der Waals surface area contributed by atoms with E-state index in [-0.39, 0.29) is 5.69 Å². The predicted octanol–water partition coefficient (Wildman–Crippen LogP) is 2.49. The number of nitrogens with zero attached hydrogens (tertiary/aromatic N) is 2. The van der Waals surface area contributed by atoms with E-state index >= 15 is 0 Å². The maximum atomic E-state index is 13.3. The summed E-state index contributed by atoms with van der Waals surface area (Å²) in [6.07, 6.45) is 4.10. The number of benzene rings is 1. The summed E-state index contributed by atoms with van der Waals surface area (Å²) in [5.74, 6) is -3.07. The van der Waals surface area contributed by atoms with Gasteiger partial charge in [-0.1, -0.05) is 0 Å². The second-order valence-electron chi connectivity index (χ2n) is 3.95. The molecule has 0 bridgehead atoms. The quantitative estimate of drug-likeness (QED) is 0.851. The van der Waals surface area contributed by atoms with Gasteiger partial charge in [-0.3, -0.25) is 4.68 Å². The van der Waals surface area contributed by atoms with E-state index in [0.717, 1.165) is 11.6 Å². The molecular weight excluding hydrogens is 243 g/mol. The predicted molar refractivity (Wildman–Crippen MR) is 61.7 cm³/mol. The normalized spacial score (nSPS) is 10.7. The highest BCUT2D eigenvalue weighted by molar-refractivity contribution is 5.45. The third-order valence-corrected chi connectivity index (χ3v) is 2.48. The smallest absolute Gasteiger partial charge is 0.182 e. The van der Waals surface area contributed by atoms with Crippen LogP contribution >= 0.6 is 0 Å². The molecule has 2 aromatic rings. The van der Waals surface area contributed by atoms with Crippen molar-refractivity contribution in [2.75, 3.05) is 11.9 Å². The zero-order chi connectivity index (χ0) is 13.1. The lowest BCUT2D eigenvalue weighted by molar-refractivity contribution is 0.497. The van der Waals surface area contributed by atoms with Gasteiger partial charge in [0.25, 0.3) is 0 Å². The molecule has 6 heteroatoms. The molecule has 3 nitrogen and oxygen atoms in total. The summed E-state index contributed by atoms with van der Waals surface area (Å²) in [5, 5.41) is 6.64. The molecule has 0 spiro atoms. The van der Waals surface area contributed by atoms with Crippen molar-refractivity contribution in [1.82, 2.24) is 9.78 Å². The maximum absolute atomic E-state index is 13.3. The van der Waals surface area contributed by atoms with E-state index in [1.165, 1.54) is 0 Å². The van der Waals surface area contributed by atoms with Crippen LogP contribution in [0.2, 0.25) is 0 Å². The van der Waals surface area contributed by atoms with Gasteiger partial charge >= 0.3 is 0 Å². The molecule has 1 heterocycles. The number of halogens is 3. The van der Waals surface area contributed by atoms with E-state index in [1.54, 1.807) is 17.9 Å². The number of hydrogen-bond acceptors (Lipinski definition) is 2. The van der Waals surface area contributed by atoms with Gasteiger partial charge in [0.15, 0.2) is 11.6 Å². The number of nitrogens with one attached hydrogen (secondary N) is 1. The van der Waals surface area contributed by atoms with Crippen LogP contribution in [0.25, 0.3) is 0 Å². The Morgan fingerprint density at radius 2 is 2.06 bits per heavy atom. The molecule has 1 aromatic carbocycles. The van der Waals surface area contributed by atoms with Gasteiger partial charge in [0.2, 0.25) is 0 Å². The summed E-state index contributed by atoms with van der Waals surface area (Å²) in [6.45, 7) is 0.367. The molecule has 0 saturated carbocycles. The van der Waals surface area contributed by atoms with E-state index in [4.69, 9.17) is 0 Å². The van der Waals surface area contributed by atoms with Gasteiger partial charge in [0, 0.05) is 31.9 Å². The first kappa shape index (κ1) is 12.5. The van der Waals surface area contributed by atoms with Crippen LogP contribution in [0.3, 0.4) is 0 Å². The maximum Gasteiger partial charge on any atom is 0.182 e. The Bertz CT molecular complexity index is 551. The fourth-order valence-corrected chi connectivity index (χ4v) is 1.63. The Balaban J connectivity index is 1.98. The van der Waals surface area contributed by atoms with Crippen molar-refractivity contribution in [3.8, 4) is 0 Å². The van der Waals surface area contributed by atoms with Gasteiger partial charge in [-0.15, -0.1) is 0 Å². The van der Waals surface area contributed by atoms with Crippen molar-refractivity contribution in [3.63, 3.8) is 0 Å². The molecule has 96 valence electrons. The van der Waals surface area contributed by atoms with E-state index < -0.39 is 17.5 Å². The minimum Gasteiger partial charge on any atom is -0.382 e. The molecule has 18 heavy (non-hydrogen) atoms. The second kappa shape index (κ2) is 5.12. The van der Waals surface area contributed by atoms with Crippen molar-refractivity contribution < 1.29 is 13.2 Å². The lowest BCUT2D eigenvalue weighted by atomic mass is 10.2. The number of aryl methyl sites for hydroxylation is 1. The molecular formula is C12H12F3N3. The van der Waals surface area contributed by atoms with Gasteiger partial charge in [0.05, 0.1) is 11.9 Å². The molecule has 0 unspecified atom stereocenters. The number of hydrogen-bond donors (Lipinski definition) is 1. The molecule has 2 rings (SSSR count). The van der Waals surface area contributed by atoms with Crippen LogP contribution in [-0.4, -0.2) is 16.3 Å². The van der Waals surface area contributed by atoms with Crippen LogP contribution in [0.5, 0.6) is 0 Å². The first-order valence-corrected chi connectivity index (χ1v) is 5.42. The molecule has 0 fully saturated rings. The van der Waals surface area contributed by atoms with Crippen molar-refractivity contribution >= 4 is 5.69 Å². The minimum atomic E-state index is -1.20.